The van der Waals surface area contributed by atoms with Gasteiger partial charge in [-0.15, -0.1) is 0 Å². The number of hydrogen-bond acceptors (Lipinski definition) is 3. The van der Waals surface area contributed by atoms with E-state index in [1.807, 2.05) is 55.5 Å². The van der Waals surface area contributed by atoms with Gasteiger partial charge in [0.05, 0.1) is 35.4 Å². The van der Waals surface area contributed by atoms with E-state index >= 15 is 0 Å². The van der Waals surface area contributed by atoms with Gasteiger partial charge in [-0.25, -0.2) is 9.67 Å². The molecule has 0 saturated heterocycles. The molecule has 1 amide bonds. The Bertz CT molecular complexity index is 1110. The Balaban J connectivity index is 1.49. The molecular formula is C21H20ClN5O. The molecule has 0 saturated carbocycles. The number of fused-ring (bicyclic) bond motifs is 1. The van der Waals surface area contributed by atoms with E-state index in [-0.39, 0.29) is 12.5 Å². The highest BCUT2D eigenvalue weighted by atomic mass is 35.5. The summed E-state index contributed by atoms with van der Waals surface area (Å²) in [5.41, 5.74) is 5.06. The molecule has 4 rings (SSSR count). The standard InChI is InChI=1S/C21H20ClN5O/c1-13-7-9-15(10-8-13)12-27-20(22)19(14(2)26-27)21(28)23-11-18-24-16-5-3-4-6-17(16)25-18/h3-10H,11-12H2,1-2H3,(H,23,28)(H,24,25). The molecular weight excluding hydrogens is 374 g/mol. The SMILES string of the molecule is Cc1ccc(Cn2nc(C)c(C(=O)NCc3nc4ccccc4[nH]3)c2Cl)cc1. The number of nitrogens with one attached hydrogen (secondary N) is 2. The van der Waals surface area contributed by atoms with Crippen molar-refractivity contribution in [3.05, 3.63) is 81.9 Å². The quantitative estimate of drug-likeness (QED) is 0.538. The summed E-state index contributed by atoms with van der Waals surface area (Å²) in [5.74, 6) is 0.425. The topological polar surface area (TPSA) is 75.6 Å². The first-order valence-corrected chi connectivity index (χ1v) is 9.39. The second-order valence-corrected chi connectivity index (χ2v) is 7.14. The summed E-state index contributed by atoms with van der Waals surface area (Å²) in [6, 6.07) is 15.9. The number of aromatic nitrogens is 4. The van der Waals surface area contributed by atoms with Gasteiger partial charge >= 0.3 is 0 Å². The number of para-hydroxylation sites is 2. The van der Waals surface area contributed by atoms with Gasteiger partial charge in [0.15, 0.2) is 0 Å². The Kier molecular flexibility index (Phi) is 4.88. The van der Waals surface area contributed by atoms with Gasteiger partial charge in [0.2, 0.25) is 0 Å². The Morgan fingerprint density at radius 2 is 1.89 bits per heavy atom. The number of imidazole rings is 1. The highest BCUT2D eigenvalue weighted by Crippen LogP contribution is 2.21. The summed E-state index contributed by atoms with van der Waals surface area (Å²) in [4.78, 5) is 20.4. The van der Waals surface area contributed by atoms with Crippen LogP contribution in [0.4, 0.5) is 0 Å². The summed E-state index contributed by atoms with van der Waals surface area (Å²) >= 11 is 6.47. The number of benzene rings is 2. The first-order valence-electron chi connectivity index (χ1n) is 9.01. The van der Waals surface area contributed by atoms with Crippen LogP contribution in [0.25, 0.3) is 11.0 Å². The van der Waals surface area contributed by atoms with Crippen molar-refractivity contribution in [2.45, 2.75) is 26.9 Å². The minimum absolute atomic E-state index is 0.266. The maximum atomic E-state index is 12.7. The number of rotatable bonds is 5. The molecule has 0 unspecified atom stereocenters. The molecule has 28 heavy (non-hydrogen) atoms. The maximum Gasteiger partial charge on any atom is 0.256 e. The predicted molar refractivity (Wildman–Crippen MR) is 110 cm³/mol. The van der Waals surface area contributed by atoms with E-state index in [0.29, 0.717) is 28.8 Å². The zero-order valence-corrected chi connectivity index (χ0v) is 16.4. The largest absolute Gasteiger partial charge is 0.345 e. The van der Waals surface area contributed by atoms with E-state index in [1.54, 1.807) is 11.6 Å². The van der Waals surface area contributed by atoms with Crippen LogP contribution in [0.1, 0.15) is 33.0 Å². The van der Waals surface area contributed by atoms with Crippen LogP contribution in [-0.2, 0) is 13.1 Å². The molecule has 7 heteroatoms. The second kappa shape index (κ2) is 7.48. The molecule has 0 aliphatic carbocycles. The maximum absolute atomic E-state index is 12.7. The Hall–Kier alpha value is -3.12. The lowest BCUT2D eigenvalue weighted by Gasteiger charge is -2.05. The molecule has 2 heterocycles. The summed E-state index contributed by atoms with van der Waals surface area (Å²) in [7, 11) is 0. The van der Waals surface area contributed by atoms with Crippen molar-refractivity contribution in [2.75, 3.05) is 0 Å². The van der Waals surface area contributed by atoms with Crippen LogP contribution in [0.15, 0.2) is 48.5 Å². The molecule has 0 aliphatic rings. The zero-order valence-electron chi connectivity index (χ0n) is 15.7. The monoisotopic (exact) mass is 393 g/mol. The van der Waals surface area contributed by atoms with Gasteiger partial charge in [-0.3, -0.25) is 4.79 Å². The van der Waals surface area contributed by atoms with Crippen molar-refractivity contribution in [3.8, 4) is 0 Å². The van der Waals surface area contributed by atoms with Crippen LogP contribution in [0, 0.1) is 13.8 Å². The Labute approximate surface area is 167 Å². The van der Waals surface area contributed by atoms with Gasteiger partial charge in [0, 0.05) is 0 Å². The van der Waals surface area contributed by atoms with Crippen molar-refractivity contribution in [3.63, 3.8) is 0 Å². The third kappa shape index (κ3) is 3.64. The number of aromatic amines is 1. The summed E-state index contributed by atoms with van der Waals surface area (Å²) in [5, 5.41) is 7.64. The minimum atomic E-state index is -0.266. The van der Waals surface area contributed by atoms with Crippen LogP contribution < -0.4 is 5.32 Å². The van der Waals surface area contributed by atoms with Crippen LogP contribution >= 0.6 is 11.6 Å². The third-order valence-electron chi connectivity index (χ3n) is 4.60. The van der Waals surface area contributed by atoms with Crippen molar-refractivity contribution in [1.29, 1.82) is 0 Å². The van der Waals surface area contributed by atoms with E-state index in [2.05, 4.69) is 20.4 Å². The molecule has 2 N–H and O–H groups in total. The number of carbonyl (C=O) groups excluding carboxylic acids is 1. The normalized spacial score (nSPS) is 11.1. The molecule has 142 valence electrons. The molecule has 0 fully saturated rings. The molecule has 0 atom stereocenters. The zero-order chi connectivity index (χ0) is 19.7. The lowest BCUT2D eigenvalue weighted by atomic mass is 10.1. The molecule has 0 radical (unpaired) electrons. The Morgan fingerprint density at radius 3 is 2.64 bits per heavy atom. The van der Waals surface area contributed by atoms with Gasteiger partial charge in [0.1, 0.15) is 11.0 Å². The van der Waals surface area contributed by atoms with Crippen LogP contribution in [0.5, 0.6) is 0 Å². The van der Waals surface area contributed by atoms with Crippen LogP contribution in [0.3, 0.4) is 0 Å². The van der Waals surface area contributed by atoms with Crippen LogP contribution in [-0.4, -0.2) is 25.7 Å². The number of amides is 1. The molecule has 0 spiro atoms. The average Bonchev–Trinajstić information content (AvgIpc) is 3.22. The van der Waals surface area contributed by atoms with Crippen molar-refractivity contribution in [1.82, 2.24) is 25.1 Å². The highest BCUT2D eigenvalue weighted by molar-refractivity contribution is 6.33. The van der Waals surface area contributed by atoms with Crippen LogP contribution in [0.2, 0.25) is 5.15 Å². The van der Waals surface area contributed by atoms with E-state index in [9.17, 15) is 4.79 Å². The fourth-order valence-electron chi connectivity index (χ4n) is 3.12. The van der Waals surface area contributed by atoms with Gasteiger partial charge in [0.25, 0.3) is 5.91 Å². The molecule has 4 aromatic rings. The smallest absolute Gasteiger partial charge is 0.256 e. The first-order chi connectivity index (χ1) is 13.5. The molecule has 2 aromatic carbocycles. The fourth-order valence-corrected chi connectivity index (χ4v) is 3.44. The number of hydrogen-bond donors (Lipinski definition) is 2. The lowest BCUT2D eigenvalue weighted by Crippen LogP contribution is -2.24. The minimum Gasteiger partial charge on any atom is -0.345 e. The lowest BCUT2D eigenvalue weighted by molar-refractivity contribution is 0.0949. The number of H-pyrrole nitrogens is 1. The summed E-state index contributed by atoms with van der Waals surface area (Å²) < 4.78 is 1.65. The highest BCUT2D eigenvalue weighted by Gasteiger charge is 2.20. The fraction of sp³-hybridized carbons (Fsp3) is 0.190. The van der Waals surface area contributed by atoms with Gasteiger partial charge in [-0.05, 0) is 31.5 Å². The number of carbonyl (C=O) groups is 1. The van der Waals surface area contributed by atoms with E-state index < -0.39 is 0 Å². The average molecular weight is 394 g/mol. The first kappa shape index (κ1) is 18.3. The van der Waals surface area contributed by atoms with Crippen molar-refractivity contribution >= 4 is 28.5 Å². The van der Waals surface area contributed by atoms with E-state index in [4.69, 9.17) is 11.6 Å². The third-order valence-corrected chi connectivity index (χ3v) is 4.98. The number of nitrogens with zero attached hydrogens (tertiary/aromatic N) is 3. The van der Waals surface area contributed by atoms with Crippen molar-refractivity contribution in [2.24, 2.45) is 0 Å². The molecule has 0 bridgehead atoms. The predicted octanol–water partition coefficient (Wildman–Crippen LogP) is 4.01. The van der Waals surface area contributed by atoms with E-state index in [1.165, 1.54) is 5.56 Å². The molecule has 0 aliphatic heterocycles. The second-order valence-electron chi connectivity index (χ2n) is 6.78. The number of halogens is 1. The molecule has 6 nitrogen and oxygen atoms in total. The van der Waals surface area contributed by atoms with Gasteiger partial charge in [-0.1, -0.05) is 53.6 Å². The Morgan fingerprint density at radius 1 is 1.14 bits per heavy atom. The van der Waals surface area contributed by atoms with Crippen molar-refractivity contribution < 1.29 is 4.79 Å². The number of aryl methyl sites for hydroxylation is 2. The van der Waals surface area contributed by atoms with Gasteiger partial charge < -0.3 is 10.3 Å². The van der Waals surface area contributed by atoms with E-state index in [0.717, 1.165) is 16.6 Å². The van der Waals surface area contributed by atoms with Gasteiger partial charge in [-0.2, -0.15) is 5.10 Å². The summed E-state index contributed by atoms with van der Waals surface area (Å²) in [6.07, 6.45) is 0. The molecule has 2 aromatic heterocycles. The summed E-state index contributed by atoms with van der Waals surface area (Å²) in [6.45, 7) is 4.62.